The molecule has 1 saturated heterocycles. The zero-order valence-electron chi connectivity index (χ0n) is 14.5. The molecule has 0 N–H and O–H groups in total. The Morgan fingerprint density at radius 1 is 1.24 bits per heavy atom. The van der Waals surface area contributed by atoms with Gasteiger partial charge in [0.05, 0.1) is 0 Å². The van der Waals surface area contributed by atoms with E-state index in [1.165, 1.54) is 0 Å². The molecule has 1 spiro atoms. The second-order valence-corrected chi connectivity index (χ2v) is 6.72. The summed E-state index contributed by atoms with van der Waals surface area (Å²) in [6.45, 7) is 4.16. The molecule has 3 heterocycles. The van der Waals surface area contributed by atoms with Crippen molar-refractivity contribution in [2.24, 2.45) is 0 Å². The number of aromatic nitrogens is 2. The summed E-state index contributed by atoms with van der Waals surface area (Å²) < 4.78 is 8.12. The fourth-order valence-corrected chi connectivity index (χ4v) is 3.74. The summed E-state index contributed by atoms with van der Waals surface area (Å²) in [6.07, 6.45) is 8.69. The summed E-state index contributed by atoms with van der Waals surface area (Å²) in [6, 6.07) is 9.92. The third-order valence-corrected chi connectivity index (χ3v) is 5.15. The fraction of sp³-hybridized carbons (Fsp3) is 0.400. The number of aryl methyl sites for hydroxylation is 1. The molecule has 0 bridgehead atoms. The molecule has 0 radical (unpaired) electrons. The Morgan fingerprint density at radius 3 is 3.00 bits per heavy atom. The highest BCUT2D eigenvalue weighted by molar-refractivity contribution is 5.92. The van der Waals surface area contributed by atoms with E-state index >= 15 is 0 Å². The normalized spacial score (nSPS) is 22.4. The lowest BCUT2D eigenvalue weighted by molar-refractivity contribution is 0.0719. The molecule has 1 amide bonds. The van der Waals surface area contributed by atoms with Gasteiger partial charge in [0.15, 0.2) is 0 Å². The Balaban J connectivity index is 1.51. The van der Waals surface area contributed by atoms with E-state index in [9.17, 15) is 4.79 Å². The number of ether oxygens (including phenoxy) is 1. The van der Waals surface area contributed by atoms with Gasteiger partial charge in [0.25, 0.3) is 5.91 Å². The van der Waals surface area contributed by atoms with Crippen molar-refractivity contribution in [3.8, 4) is 5.75 Å². The van der Waals surface area contributed by atoms with E-state index in [4.69, 9.17) is 4.74 Å². The fourth-order valence-electron chi connectivity index (χ4n) is 3.74. The molecule has 2 aliphatic rings. The SMILES string of the molecule is CCn1nccc1C(=O)N1CCC[C@@]2(C=Cc3ccccc3O2)CC1. The number of hydrogen-bond donors (Lipinski definition) is 0. The maximum absolute atomic E-state index is 12.9. The van der Waals surface area contributed by atoms with Crippen molar-refractivity contribution in [2.75, 3.05) is 13.1 Å². The van der Waals surface area contributed by atoms with Gasteiger partial charge in [-0.15, -0.1) is 0 Å². The van der Waals surface area contributed by atoms with Crippen molar-refractivity contribution in [2.45, 2.75) is 38.3 Å². The first kappa shape index (κ1) is 15.9. The maximum Gasteiger partial charge on any atom is 0.272 e. The van der Waals surface area contributed by atoms with Gasteiger partial charge in [-0.3, -0.25) is 9.48 Å². The number of carbonyl (C=O) groups excluding carboxylic acids is 1. The number of para-hydroxylation sites is 1. The number of nitrogens with zero attached hydrogens (tertiary/aromatic N) is 3. The largest absolute Gasteiger partial charge is 0.483 e. The number of likely N-dealkylation sites (tertiary alicyclic amines) is 1. The summed E-state index contributed by atoms with van der Waals surface area (Å²) >= 11 is 0. The van der Waals surface area contributed by atoms with Crippen molar-refractivity contribution >= 4 is 12.0 Å². The number of fused-ring (bicyclic) bond motifs is 1. The van der Waals surface area contributed by atoms with Crippen LogP contribution in [0.5, 0.6) is 5.75 Å². The van der Waals surface area contributed by atoms with Crippen molar-refractivity contribution in [3.63, 3.8) is 0 Å². The van der Waals surface area contributed by atoms with E-state index in [2.05, 4.69) is 23.3 Å². The first-order valence-corrected chi connectivity index (χ1v) is 8.99. The first-order chi connectivity index (χ1) is 12.2. The van der Waals surface area contributed by atoms with Gasteiger partial charge < -0.3 is 9.64 Å². The van der Waals surface area contributed by atoms with E-state index < -0.39 is 0 Å². The molecule has 2 aromatic rings. The molecular weight excluding hydrogens is 314 g/mol. The maximum atomic E-state index is 12.9. The molecule has 1 aromatic carbocycles. The molecule has 25 heavy (non-hydrogen) atoms. The van der Waals surface area contributed by atoms with Gasteiger partial charge in [-0.2, -0.15) is 5.10 Å². The van der Waals surface area contributed by atoms with Crippen LogP contribution in [-0.4, -0.2) is 39.3 Å². The van der Waals surface area contributed by atoms with E-state index in [0.717, 1.165) is 37.1 Å². The van der Waals surface area contributed by atoms with Crippen LogP contribution in [0.1, 0.15) is 42.2 Å². The van der Waals surface area contributed by atoms with Crippen LogP contribution in [-0.2, 0) is 6.54 Å². The van der Waals surface area contributed by atoms with Crippen molar-refractivity contribution in [3.05, 3.63) is 53.9 Å². The summed E-state index contributed by atoms with van der Waals surface area (Å²) in [5.41, 5.74) is 1.50. The minimum absolute atomic E-state index is 0.0663. The Labute approximate surface area is 147 Å². The van der Waals surface area contributed by atoms with Crippen LogP contribution in [0.4, 0.5) is 0 Å². The molecule has 1 fully saturated rings. The monoisotopic (exact) mass is 337 g/mol. The standard InChI is InChI=1S/C20H23N3O2/c1-2-23-17(9-13-21-23)19(24)22-14-5-10-20(12-15-22)11-8-16-6-3-4-7-18(16)25-20/h3-4,6-9,11,13H,2,5,10,12,14-15H2,1H3/t20-/m1/s1. The molecule has 130 valence electrons. The smallest absolute Gasteiger partial charge is 0.272 e. The van der Waals surface area contributed by atoms with Gasteiger partial charge in [0.2, 0.25) is 0 Å². The topological polar surface area (TPSA) is 47.4 Å². The Kier molecular flexibility index (Phi) is 4.07. The zero-order chi connectivity index (χ0) is 17.3. The number of carbonyl (C=O) groups is 1. The highest BCUT2D eigenvalue weighted by atomic mass is 16.5. The summed E-state index contributed by atoms with van der Waals surface area (Å²) in [5, 5.41) is 4.22. The second-order valence-electron chi connectivity index (χ2n) is 6.72. The van der Waals surface area contributed by atoms with Crippen LogP contribution < -0.4 is 4.74 Å². The lowest BCUT2D eigenvalue weighted by atomic mass is 9.91. The molecule has 5 heteroatoms. The van der Waals surface area contributed by atoms with E-state index in [-0.39, 0.29) is 11.5 Å². The van der Waals surface area contributed by atoms with E-state index in [1.807, 2.05) is 30.0 Å². The van der Waals surface area contributed by atoms with Crippen LogP contribution in [0.25, 0.3) is 6.08 Å². The van der Waals surface area contributed by atoms with Crippen LogP contribution >= 0.6 is 0 Å². The Hall–Kier alpha value is -2.56. The van der Waals surface area contributed by atoms with E-state index in [0.29, 0.717) is 18.8 Å². The minimum Gasteiger partial charge on any atom is -0.483 e. The quantitative estimate of drug-likeness (QED) is 0.844. The van der Waals surface area contributed by atoms with Crippen molar-refractivity contribution < 1.29 is 9.53 Å². The molecule has 0 aliphatic carbocycles. The Morgan fingerprint density at radius 2 is 2.12 bits per heavy atom. The van der Waals surface area contributed by atoms with Gasteiger partial charge in [-0.25, -0.2) is 0 Å². The molecule has 4 rings (SSSR count). The third-order valence-electron chi connectivity index (χ3n) is 5.15. The van der Waals surface area contributed by atoms with E-state index in [1.54, 1.807) is 16.9 Å². The summed E-state index contributed by atoms with van der Waals surface area (Å²) in [4.78, 5) is 14.8. The van der Waals surface area contributed by atoms with Crippen molar-refractivity contribution in [1.82, 2.24) is 14.7 Å². The molecule has 0 saturated carbocycles. The van der Waals surface area contributed by atoms with Gasteiger partial charge in [-0.1, -0.05) is 24.3 Å². The number of hydrogen-bond acceptors (Lipinski definition) is 3. The van der Waals surface area contributed by atoms with Crippen molar-refractivity contribution in [1.29, 1.82) is 0 Å². The van der Waals surface area contributed by atoms with Gasteiger partial charge in [0, 0.05) is 37.8 Å². The Bertz CT molecular complexity index is 811. The predicted octanol–water partition coefficient (Wildman–Crippen LogP) is 3.37. The number of rotatable bonds is 2. The van der Waals surface area contributed by atoms with Crippen LogP contribution in [0.2, 0.25) is 0 Å². The van der Waals surface area contributed by atoms with Gasteiger partial charge in [-0.05, 0) is 38.0 Å². The highest BCUT2D eigenvalue weighted by Crippen LogP contribution is 2.37. The summed E-state index contributed by atoms with van der Waals surface area (Å²) in [5.74, 6) is 1.01. The minimum atomic E-state index is -0.297. The molecule has 2 aliphatic heterocycles. The van der Waals surface area contributed by atoms with Gasteiger partial charge >= 0.3 is 0 Å². The number of amides is 1. The average Bonchev–Trinajstić information content (AvgIpc) is 3.04. The molecule has 1 aromatic heterocycles. The van der Waals surface area contributed by atoms with Crippen LogP contribution in [0.3, 0.4) is 0 Å². The molecular formula is C20H23N3O2. The molecule has 5 nitrogen and oxygen atoms in total. The average molecular weight is 337 g/mol. The first-order valence-electron chi connectivity index (χ1n) is 8.99. The van der Waals surface area contributed by atoms with Crippen LogP contribution in [0, 0.1) is 0 Å². The van der Waals surface area contributed by atoms with Gasteiger partial charge in [0.1, 0.15) is 17.0 Å². The lowest BCUT2D eigenvalue weighted by Gasteiger charge is -2.34. The highest BCUT2D eigenvalue weighted by Gasteiger charge is 2.36. The van der Waals surface area contributed by atoms with Crippen LogP contribution in [0.15, 0.2) is 42.6 Å². The second kappa shape index (κ2) is 6.39. The zero-order valence-corrected chi connectivity index (χ0v) is 14.5. The molecule has 1 atom stereocenters. The predicted molar refractivity (Wildman–Crippen MR) is 96.5 cm³/mol. The summed E-state index contributed by atoms with van der Waals surface area (Å²) in [7, 11) is 0. The lowest BCUT2D eigenvalue weighted by Crippen LogP contribution is -2.38. The third kappa shape index (κ3) is 2.95. The molecule has 0 unspecified atom stereocenters. The number of benzene rings is 1.